The van der Waals surface area contributed by atoms with Gasteiger partial charge in [-0.15, -0.1) is 0 Å². The maximum absolute atomic E-state index is 12.7. The number of methoxy groups -OCH3 is 1. The predicted octanol–water partition coefficient (Wildman–Crippen LogP) is 4.59. The lowest BCUT2D eigenvalue weighted by atomic mass is 9.89. The third kappa shape index (κ3) is 2.34. The van der Waals surface area contributed by atoms with Crippen LogP contribution in [0, 0.1) is 0 Å². The van der Waals surface area contributed by atoms with Gasteiger partial charge >= 0.3 is 0 Å². The van der Waals surface area contributed by atoms with Crippen LogP contribution in [0.3, 0.4) is 0 Å². The molecule has 0 aliphatic carbocycles. The summed E-state index contributed by atoms with van der Waals surface area (Å²) in [4.78, 5) is 12.7. The van der Waals surface area contributed by atoms with Gasteiger partial charge in [0.15, 0.2) is 5.78 Å². The Balaban J connectivity index is 1.74. The van der Waals surface area contributed by atoms with Gasteiger partial charge in [-0.3, -0.25) is 4.79 Å². The fraction of sp³-hybridized carbons (Fsp3) is 0.150. The van der Waals surface area contributed by atoms with E-state index in [9.17, 15) is 4.79 Å². The SMILES string of the molecule is COc1ccc(C2CC(=O)c3c(ccc4ccccc34)N2)cc1. The first-order chi connectivity index (χ1) is 11.3. The number of benzene rings is 3. The van der Waals surface area contributed by atoms with Gasteiger partial charge in [0.25, 0.3) is 0 Å². The molecule has 4 rings (SSSR count). The Morgan fingerprint density at radius 2 is 1.78 bits per heavy atom. The Hall–Kier alpha value is -2.81. The second-order valence-electron chi connectivity index (χ2n) is 5.81. The van der Waals surface area contributed by atoms with E-state index in [1.165, 1.54) is 0 Å². The number of Topliss-reactive ketones (excluding diaryl/α,β-unsaturated/α-hetero) is 1. The Morgan fingerprint density at radius 1 is 1.00 bits per heavy atom. The van der Waals surface area contributed by atoms with Crippen LogP contribution < -0.4 is 10.1 Å². The molecule has 0 bridgehead atoms. The first-order valence-electron chi connectivity index (χ1n) is 7.72. The van der Waals surface area contributed by atoms with E-state index in [1.807, 2.05) is 54.6 Å². The lowest BCUT2D eigenvalue weighted by Gasteiger charge is -2.27. The highest BCUT2D eigenvalue weighted by atomic mass is 16.5. The van der Waals surface area contributed by atoms with Crippen LogP contribution in [0.25, 0.3) is 10.8 Å². The molecule has 0 saturated carbocycles. The van der Waals surface area contributed by atoms with Crippen LogP contribution >= 0.6 is 0 Å². The molecule has 1 atom stereocenters. The molecule has 1 aliphatic rings. The van der Waals surface area contributed by atoms with Gasteiger partial charge in [-0.05, 0) is 34.5 Å². The summed E-state index contributed by atoms with van der Waals surface area (Å²) in [6, 6.07) is 20.0. The number of carbonyl (C=O) groups excluding carboxylic acids is 1. The summed E-state index contributed by atoms with van der Waals surface area (Å²) in [5.74, 6) is 1.01. The molecule has 1 unspecified atom stereocenters. The number of ketones is 1. The Labute approximate surface area is 134 Å². The number of nitrogens with one attached hydrogen (secondary N) is 1. The quantitative estimate of drug-likeness (QED) is 0.752. The lowest BCUT2D eigenvalue weighted by Crippen LogP contribution is -2.23. The van der Waals surface area contributed by atoms with Gasteiger partial charge in [0.1, 0.15) is 5.75 Å². The fourth-order valence-electron chi connectivity index (χ4n) is 3.26. The molecule has 3 heteroatoms. The average molecular weight is 303 g/mol. The van der Waals surface area contributed by atoms with E-state index in [0.717, 1.165) is 33.3 Å². The van der Waals surface area contributed by atoms with E-state index in [0.29, 0.717) is 6.42 Å². The maximum Gasteiger partial charge on any atom is 0.167 e. The highest BCUT2D eigenvalue weighted by Gasteiger charge is 2.27. The van der Waals surface area contributed by atoms with Crippen molar-refractivity contribution in [1.29, 1.82) is 0 Å². The van der Waals surface area contributed by atoms with Crippen molar-refractivity contribution < 1.29 is 9.53 Å². The highest BCUT2D eigenvalue weighted by molar-refractivity contribution is 6.14. The molecular formula is C20H17NO2. The lowest BCUT2D eigenvalue weighted by molar-refractivity contribution is 0.0974. The summed E-state index contributed by atoms with van der Waals surface area (Å²) >= 11 is 0. The smallest absolute Gasteiger partial charge is 0.167 e. The first kappa shape index (κ1) is 13.8. The van der Waals surface area contributed by atoms with E-state index < -0.39 is 0 Å². The van der Waals surface area contributed by atoms with E-state index in [4.69, 9.17) is 4.74 Å². The highest BCUT2D eigenvalue weighted by Crippen LogP contribution is 2.36. The summed E-state index contributed by atoms with van der Waals surface area (Å²) in [5.41, 5.74) is 2.83. The minimum atomic E-state index is 0.00192. The molecule has 0 amide bonds. The Morgan fingerprint density at radius 3 is 2.57 bits per heavy atom. The molecule has 0 spiro atoms. The molecule has 23 heavy (non-hydrogen) atoms. The van der Waals surface area contributed by atoms with Crippen LogP contribution in [0.2, 0.25) is 0 Å². The van der Waals surface area contributed by atoms with Crippen molar-refractivity contribution in [1.82, 2.24) is 0 Å². The third-order valence-corrected chi connectivity index (χ3v) is 4.45. The molecule has 114 valence electrons. The standard InChI is InChI=1S/C20H17NO2/c1-23-15-9-6-14(7-10-15)18-12-19(22)20-16-5-3-2-4-13(16)8-11-17(20)21-18/h2-11,18,21H,12H2,1H3. The van der Waals surface area contributed by atoms with Crippen molar-refractivity contribution in [2.24, 2.45) is 0 Å². The maximum atomic E-state index is 12.7. The Kier molecular flexibility index (Phi) is 3.27. The van der Waals surface area contributed by atoms with Crippen molar-refractivity contribution in [3.05, 3.63) is 71.8 Å². The molecule has 0 aromatic heterocycles. The van der Waals surface area contributed by atoms with Crippen molar-refractivity contribution in [2.75, 3.05) is 12.4 Å². The van der Waals surface area contributed by atoms with Crippen molar-refractivity contribution in [3.63, 3.8) is 0 Å². The zero-order valence-electron chi connectivity index (χ0n) is 12.9. The van der Waals surface area contributed by atoms with Crippen LogP contribution in [0.1, 0.15) is 28.4 Å². The second kappa shape index (κ2) is 5.43. The van der Waals surface area contributed by atoms with Gasteiger partial charge in [0.05, 0.1) is 13.2 Å². The van der Waals surface area contributed by atoms with Gasteiger partial charge in [-0.2, -0.15) is 0 Å². The van der Waals surface area contributed by atoms with Crippen LogP contribution in [0.4, 0.5) is 5.69 Å². The second-order valence-corrected chi connectivity index (χ2v) is 5.81. The third-order valence-electron chi connectivity index (χ3n) is 4.45. The first-order valence-corrected chi connectivity index (χ1v) is 7.72. The monoisotopic (exact) mass is 303 g/mol. The number of rotatable bonds is 2. The van der Waals surface area contributed by atoms with Crippen LogP contribution in [-0.4, -0.2) is 12.9 Å². The predicted molar refractivity (Wildman–Crippen MR) is 92.3 cm³/mol. The molecule has 0 saturated heterocycles. The summed E-state index contributed by atoms with van der Waals surface area (Å²) in [7, 11) is 1.65. The molecule has 3 nitrogen and oxygen atoms in total. The molecule has 0 fully saturated rings. The van der Waals surface area contributed by atoms with Gasteiger partial charge < -0.3 is 10.1 Å². The summed E-state index contributed by atoms with van der Waals surface area (Å²) in [6.07, 6.45) is 0.466. The van der Waals surface area contributed by atoms with Crippen molar-refractivity contribution in [3.8, 4) is 5.75 Å². The Bertz CT molecular complexity index is 884. The van der Waals surface area contributed by atoms with Crippen LogP contribution in [-0.2, 0) is 0 Å². The van der Waals surface area contributed by atoms with E-state index in [1.54, 1.807) is 7.11 Å². The van der Waals surface area contributed by atoms with Gasteiger partial charge in [-0.1, -0.05) is 42.5 Å². The topological polar surface area (TPSA) is 38.3 Å². The number of hydrogen-bond donors (Lipinski definition) is 1. The van der Waals surface area contributed by atoms with Crippen LogP contribution in [0.5, 0.6) is 5.75 Å². The zero-order valence-corrected chi connectivity index (χ0v) is 12.9. The van der Waals surface area contributed by atoms with Crippen molar-refractivity contribution >= 4 is 22.2 Å². The molecule has 1 heterocycles. The molecule has 3 aromatic rings. The molecule has 3 aromatic carbocycles. The number of hydrogen-bond acceptors (Lipinski definition) is 3. The zero-order chi connectivity index (χ0) is 15.8. The largest absolute Gasteiger partial charge is 0.497 e. The van der Waals surface area contributed by atoms with Crippen molar-refractivity contribution in [2.45, 2.75) is 12.5 Å². The average Bonchev–Trinajstić information content (AvgIpc) is 2.61. The summed E-state index contributed by atoms with van der Waals surface area (Å²) in [5, 5.41) is 5.64. The minimum Gasteiger partial charge on any atom is -0.497 e. The molecule has 0 radical (unpaired) electrons. The number of anilines is 1. The van der Waals surface area contributed by atoms with Gasteiger partial charge in [0, 0.05) is 17.7 Å². The normalized spacial score (nSPS) is 16.7. The fourth-order valence-corrected chi connectivity index (χ4v) is 3.26. The molecule has 1 N–H and O–H groups in total. The minimum absolute atomic E-state index is 0.00192. The van der Waals surface area contributed by atoms with Gasteiger partial charge in [0.2, 0.25) is 0 Å². The summed E-state index contributed by atoms with van der Waals surface area (Å²) in [6.45, 7) is 0. The summed E-state index contributed by atoms with van der Waals surface area (Å²) < 4.78 is 5.19. The van der Waals surface area contributed by atoms with Gasteiger partial charge in [-0.25, -0.2) is 0 Å². The number of ether oxygens (including phenoxy) is 1. The van der Waals surface area contributed by atoms with E-state index >= 15 is 0 Å². The number of fused-ring (bicyclic) bond motifs is 3. The van der Waals surface area contributed by atoms with Crippen LogP contribution in [0.15, 0.2) is 60.7 Å². The molecular weight excluding hydrogens is 286 g/mol. The van der Waals surface area contributed by atoms with E-state index in [2.05, 4.69) is 11.4 Å². The molecule has 1 aliphatic heterocycles. The number of carbonyl (C=O) groups is 1. The van der Waals surface area contributed by atoms with E-state index in [-0.39, 0.29) is 11.8 Å².